The first kappa shape index (κ1) is 13.8. The van der Waals surface area contributed by atoms with Gasteiger partial charge in [0.05, 0.1) is 4.90 Å². The Labute approximate surface area is 113 Å². The van der Waals surface area contributed by atoms with Gasteiger partial charge in [0.1, 0.15) is 5.75 Å². The van der Waals surface area contributed by atoms with E-state index in [9.17, 15) is 13.5 Å². The maximum Gasteiger partial charge on any atom is 0.243 e. The molecule has 0 saturated carbocycles. The fourth-order valence-electron chi connectivity index (χ4n) is 2.08. The van der Waals surface area contributed by atoms with Gasteiger partial charge in [-0.15, -0.1) is 0 Å². The minimum Gasteiger partial charge on any atom is -0.508 e. The molecule has 0 bridgehead atoms. The zero-order valence-electron chi connectivity index (χ0n) is 11.0. The molecule has 0 spiro atoms. The van der Waals surface area contributed by atoms with Gasteiger partial charge in [0.25, 0.3) is 0 Å². The lowest BCUT2D eigenvalue weighted by Crippen LogP contribution is -2.30. The third-order valence-electron chi connectivity index (χ3n) is 3.14. The number of aromatic hydroxyl groups is 1. The van der Waals surface area contributed by atoms with Gasteiger partial charge >= 0.3 is 0 Å². The predicted octanol–water partition coefficient (Wildman–Crippen LogP) is 2.58. The fraction of sp³-hybridized carbons (Fsp3) is 0.286. The molecule has 0 aliphatic heterocycles. The summed E-state index contributed by atoms with van der Waals surface area (Å²) < 4.78 is 26.2. The molecule has 102 valence electrons. The first-order chi connectivity index (χ1) is 8.98. The van der Waals surface area contributed by atoms with Crippen molar-refractivity contribution in [1.82, 2.24) is 4.31 Å². The molecule has 4 nitrogen and oxygen atoms in total. The molecular weight excluding hydrogens is 262 g/mol. The summed E-state index contributed by atoms with van der Waals surface area (Å²) in [5.41, 5.74) is 0. The van der Waals surface area contributed by atoms with Gasteiger partial charge < -0.3 is 5.11 Å². The van der Waals surface area contributed by atoms with Crippen LogP contribution in [0.2, 0.25) is 0 Å². The summed E-state index contributed by atoms with van der Waals surface area (Å²) in [6, 6.07) is 9.81. The molecule has 1 N–H and O–H groups in total. The van der Waals surface area contributed by atoms with Crippen LogP contribution in [0.5, 0.6) is 5.75 Å². The van der Waals surface area contributed by atoms with Gasteiger partial charge in [0, 0.05) is 13.1 Å². The number of phenols is 1. The zero-order chi connectivity index (χ0) is 14.0. The summed E-state index contributed by atoms with van der Waals surface area (Å²) in [5.74, 6) is 0.173. The molecule has 0 atom stereocenters. The quantitative estimate of drug-likeness (QED) is 0.935. The SMILES string of the molecule is CCN(CC)S(=O)(=O)c1ccc2cc(O)ccc2c1. The number of nitrogens with zero attached hydrogens (tertiary/aromatic N) is 1. The molecule has 0 aromatic heterocycles. The van der Waals surface area contributed by atoms with Crippen LogP contribution in [-0.4, -0.2) is 30.9 Å². The Kier molecular flexibility index (Phi) is 3.78. The first-order valence-corrected chi connectivity index (χ1v) is 7.66. The minimum atomic E-state index is -3.43. The van der Waals surface area contributed by atoms with E-state index in [1.165, 1.54) is 4.31 Å². The topological polar surface area (TPSA) is 57.6 Å². The number of hydrogen-bond donors (Lipinski definition) is 1. The van der Waals surface area contributed by atoms with E-state index in [0.29, 0.717) is 13.1 Å². The molecule has 0 unspecified atom stereocenters. The average Bonchev–Trinajstić information content (AvgIpc) is 2.39. The van der Waals surface area contributed by atoms with Crippen LogP contribution in [0.4, 0.5) is 0 Å². The lowest BCUT2D eigenvalue weighted by atomic mass is 10.1. The van der Waals surface area contributed by atoms with Crippen LogP contribution < -0.4 is 0 Å². The van der Waals surface area contributed by atoms with Crippen molar-refractivity contribution >= 4 is 20.8 Å². The van der Waals surface area contributed by atoms with E-state index in [4.69, 9.17) is 0 Å². The Morgan fingerprint density at radius 1 is 1.00 bits per heavy atom. The second kappa shape index (κ2) is 5.19. The Morgan fingerprint density at radius 3 is 2.21 bits per heavy atom. The highest BCUT2D eigenvalue weighted by atomic mass is 32.2. The molecule has 0 aliphatic rings. The third-order valence-corrected chi connectivity index (χ3v) is 5.18. The summed E-state index contributed by atoms with van der Waals surface area (Å²) in [7, 11) is -3.43. The van der Waals surface area contributed by atoms with E-state index in [2.05, 4.69) is 0 Å². The van der Waals surface area contributed by atoms with E-state index in [1.807, 2.05) is 13.8 Å². The van der Waals surface area contributed by atoms with Crippen molar-refractivity contribution in [2.45, 2.75) is 18.7 Å². The number of fused-ring (bicyclic) bond motifs is 1. The third kappa shape index (κ3) is 2.57. The Bertz CT molecular complexity index is 691. The van der Waals surface area contributed by atoms with Gasteiger partial charge in [0.2, 0.25) is 10.0 Å². The van der Waals surface area contributed by atoms with Crippen molar-refractivity contribution in [2.24, 2.45) is 0 Å². The Morgan fingerprint density at radius 2 is 1.58 bits per heavy atom. The van der Waals surface area contributed by atoms with Gasteiger partial charge in [0.15, 0.2) is 0 Å². The largest absolute Gasteiger partial charge is 0.508 e. The van der Waals surface area contributed by atoms with Gasteiger partial charge in [-0.1, -0.05) is 26.0 Å². The van der Waals surface area contributed by atoms with Gasteiger partial charge in [-0.2, -0.15) is 4.31 Å². The molecule has 5 heteroatoms. The monoisotopic (exact) mass is 279 g/mol. The second-order valence-electron chi connectivity index (χ2n) is 4.28. The molecule has 2 rings (SSSR count). The molecule has 0 heterocycles. The van der Waals surface area contributed by atoms with Crippen LogP contribution in [0.15, 0.2) is 41.3 Å². The van der Waals surface area contributed by atoms with E-state index in [-0.39, 0.29) is 10.6 Å². The molecular formula is C14H17NO3S. The van der Waals surface area contributed by atoms with E-state index >= 15 is 0 Å². The summed E-state index contributed by atoms with van der Waals surface area (Å²) in [5, 5.41) is 11.0. The maximum atomic E-state index is 12.4. The number of sulfonamides is 1. The maximum absolute atomic E-state index is 12.4. The lowest BCUT2D eigenvalue weighted by molar-refractivity contribution is 0.445. The lowest BCUT2D eigenvalue weighted by Gasteiger charge is -2.18. The zero-order valence-corrected chi connectivity index (χ0v) is 11.8. The normalized spacial score (nSPS) is 12.2. The number of hydrogen-bond acceptors (Lipinski definition) is 3. The van der Waals surface area contributed by atoms with Crippen molar-refractivity contribution in [3.05, 3.63) is 36.4 Å². The molecule has 0 aliphatic carbocycles. The number of rotatable bonds is 4. The molecule has 2 aromatic rings. The Balaban J connectivity index is 2.55. The minimum absolute atomic E-state index is 0.173. The van der Waals surface area contributed by atoms with E-state index in [0.717, 1.165) is 10.8 Å². The van der Waals surface area contributed by atoms with Gasteiger partial charge in [-0.05, 0) is 35.0 Å². The molecule has 2 aromatic carbocycles. The highest BCUT2D eigenvalue weighted by Gasteiger charge is 2.21. The van der Waals surface area contributed by atoms with Crippen LogP contribution in [-0.2, 0) is 10.0 Å². The fourth-order valence-corrected chi connectivity index (χ4v) is 3.58. The van der Waals surface area contributed by atoms with Gasteiger partial charge in [-0.3, -0.25) is 0 Å². The predicted molar refractivity (Wildman–Crippen MR) is 75.7 cm³/mol. The van der Waals surface area contributed by atoms with Crippen molar-refractivity contribution in [3.63, 3.8) is 0 Å². The summed E-state index contributed by atoms with van der Waals surface area (Å²) in [6.07, 6.45) is 0. The van der Waals surface area contributed by atoms with Crippen LogP contribution in [0, 0.1) is 0 Å². The highest BCUT2D eigenvalue weighted by molar-refractivity contribution is 7.89. The van der Waals surface area contributed by atoms with Gasteiger partial charge in [-0.25, -0.2) is 8.42 Å². The van der Waals surface area contributed by atoms with Crippen LogP contribution >= 0.6 is 0 Å². The van der Waals surface area contributed by atoms with Crippen molar-refractivity contribution < 1.29 is 13.5 Å². The van der Waals surface area contributed by atoms with E-state index in [1.54, 1.807) is 36.4 Å². The van der Waals surface area contributed by atoms with Crippen LogP contribution in [0.1, 0.15) is 13.8 Å². The number of benzene rings is 2. The average molecular weight is 279 g/mol. The first-order valence-electron chi connectivity index (χ1n) is 6.22. The van der Waals surface area contributed by atoms with Crippen molar-refractivity contribution in [3.8, 4) is 5.75 Å². The number of phenolic OH excluding ortho intramolecular Hbond substituents is 1. The van der Waals surface area contributed by atoms with Crippen molar-refractivity contribution in [2.75, 3.05) is 13.1 Å². The summed E-state index contributed by atoms with van der Waals surface area (Å²) >= 11 is 0. The summed E-state index contributed by atoms with van der Waals surface area (Å²) in [4.78, 5) is 0.286. The smallest absolute Gasteiger partial charge is 0.243 e. The highest BCUT2D eigenvalue weighted by Crippen LogP contribution is 2.24. The molecule has 19 heavy (non-hydrogen) atoms. The molecule has 0 saturated heterocycles. The van der Waals surface area contributed by atoms with Crippen LogP contribution in [0.25, 0.3) is 10.8 Å². The molecule has 0 fully saturated rings. The molecule has 0 amide bonds. The van der Waals surface area contributed by atoms with Crippen molar-refractivity contribution in [1.29, 1.82) is 0 Å². The second-order valence-corrected chi connectivity index (χ2v) is 6.22. The van der Waals surface area contributed by atoms with Crippen LogP contribution in [0.3, 0.4) is 0 Å². The van der Waals surface area contributed by atoms with E-state index < -0.39 is 10.0 Å². The summed E-state index contributed by atoms with van der Waals surface area (Å²) in [6.45, 7) is 4.54. The molecule has 0 radical (unpaired) electrons. The Hall–Kier alpha value is -1.59. The standard InChI is InChI=1S/C14H17NO3S/c1-3-15(4-2)19(17,18)14-8-6-11-9-13(16)7-5-12(11)10-14/h5-10,16H,3-4H2,1-2H3.